The van der Waals surface area contributed by atoms with E-state index < -0.39 is 34.9 Å². The maximum Gasteiger partial charge on any atom is 0.359 e. The van der Waals surface area contributed by atoms with Crippen molar-refractivity contribution in [3.63, 3.8) is 0 Å². The van der Waals surface area contributed by atoms with E-state index >= 15 is 0 Å². The van der Waals surface area contributed by atoms with Gasteiger partial charge in [-0.2, -0.15) is 5.10 Å². The zero-order valence-electron chi connectivity index (χ0n) is 13.3. The van der Waals surface area contributed by atoms with E-state index in [2.05, 4.69) is 20.1 Å². The third kappa shape index (κ3) is 3.21. The van der Waals surface area contributed by atoms with Crippen LogP contribution in [-0.2, 0) is 11.3 Å². The number of carbonyl (C=O) groups excluding carboxylic acids is 2. The molecule has 0 saturated heterocycles. The molecule has 1 aromatic carbocycles. The summed E-state index contributed by atoms with van der Waals surface area (Å²) in [6.07, 6.45) is 1.30. The van der Waals surface area contributed by atoms with Gasteiger partial charge in [-0.1, -0.05) is 17.7 Å². The Bertz CT molecular complexity index is 1020. The number of hydrogen-bond acceptors (Lipinski definition) is 5. The van der Waals surface area contributed by atoms with Crippen molar-refractivity contribution in [3.05, 3.63) is 64.1 Å². The normalized spacial score (nSPS) is 10.8. The Morgan fingerprint density at radius 1 is 1.31 bits per heavy atom. The van der Waals surface area contributed by atoms with Crippen LogP contribution in [0.1, 0.15) is 26.5 Å². The van der Waals surface area contributed by atoms with E-state index in [1.807, 2.05) is 0 Å². The molecule has 2 heterocycles. The summed E-state index contributed by atoms with van der Waals surface area (Å²) in [7, 11) is 1.08. The lowest BCUT2D eigenvalue weighted by molar-refractivity contribution is 0.0584. The van der Waals surface area contributed by atoms with E-state index in [1.54, 1.807) is 0 Å². The van der Waals surface area contributed by atoms with Crippen LogP contribution < -0.4 is 5.32 Å². The third-order valence-electron chi connectivity index (χ3n) is 3.51. The highest BCUT2D eigenvalue weighted by atomic mass is 35.5. The summed E-state index contributed by atoms with van der Waals surface area (Å²) in [5.74, 6) is -3.62. The molecule has 26 heavy (non-hydrogen) atoms. The predicted octanol–water partition coefficient (Wildman–Crippen LogP) is 2.38. The van der Waals surface area contributed by atoms with Crippen molar-refractivity contribution in [2.45, 2.75) is 6.54 Å². The first-order valence-electron chi connectivity index (χ1n) is 7.26. The molecule has 0 saturated carbocycles. The molecule has 0 radical (unpaired) electrons. The van der Waals surface area contributed by atoms with E-state index in [-0.39, 0.29) is 17.2 Å². The number of ether oxygens (including phenoxy) is 1. The Balaban J connectivity index is 1.91. The topological polar surface area (TPSA) is 85.6 Å². The van der Waals surface area contributed by atoms with Crippen molar-refractivity contribution in [3.8, 4) is 0 Å². The first-order valence-corrected chi connectivity index (χ1v) is 7.64. The first kappa shape index (κ1) is 17.7. The molecule has 134 valence electrons. The third-order valence-corrected chi connectivity index (χ3v) is 3.80. The van der Waals surface area contributed by atoms with E-state index in [0.717, 1.165) is 17.7 Å². The summed E-state index contributed by atoms with van der Waals surface area (Å²) in [5.41, 5.74) is -0.533. The van der Waals surface area contributed by atoms with Crippen molar-refractivity contribution in [2.75, 3.05) is 7.11 Å². The highest BCUT2D eigenvalue weighted by Gasteiger charge is 2.26. The Morgan fingerprint density at radius 3 is 2.77 bits per heavy atom. The van der Waals surface area contributed by atoms with Crippen molar-refractivity contribution < 1.29 is 23.1 Å². The molecule has 1 amide bonds. The van der Waals surface area contributed by atoms with E-state index in [0.29, 0.717) is 5.56 Å². The van der Waals surface area contributed by atoms with Crippen molar-refractivity contribution in [1.82, 2.24) is 19.9 Å². The second-order valence-corrected chi connectivity index (χ2v) is 5.55. The zero-order chi connectivity index (χ0) is 18.8. The lowest BCUT2D eigenvalue weighted by Gasteiger charge is -2.10. The van der Waals surface area contributed by atoms with Gasteiger partial charge >= 0.3 is 5.97 Å². The van der Waals surface area contributed by atoms with Crippen LogP contribution in [-0.4, -0.2) is 33.6 Å². The zero-order valence-corrected chi connectivity index (χ0v) is 14.1. The van der Waals surface area contributed by atoms with Crippen LogP contribution >= 0.6 is 11.6 Å². The van der Waals surface area contributed by atoms with Gasteiger partial charge < -0.3 is 10.1 Å². The number of nitrogens with one attached hydrogen (secondary N) is 1. The molecule has 7 nitrogen and oxygen atoms in total. The highest BCUT2D eigenvalue weighted by Crippen LogP contribution is 2.17. The predicted molar refractivity (Wildman–Crippen MR) is 86.9 cm³/mol. The fraction of sp³-hybridized carbons (Fsp3) is 0.125. The molecule has 0 fully saturated rings. The molecule has 0 aliphatic heterocycles. The minimum absolute atomic E-state index is 0.0437. The second kappa shape index (κ2) is 7.04. The minimum atomic E-state index is -1.16. The van der Waals surface area contributed by atoms with Crippen LogP contribution in [0.3, 0.4) is 0 Å². The number of fused-ring (bicyclic) bond motifs is 1. The van der Waals surface area contributed by atoms with Crippen LogP contribution in [0.5, 0.6) is 0 Å². The van der Waals surface area contributed by atoms with E-state index in [1.165, 1.54) is 24.4 Å². The summed E-state index contributed by atoms with van der Waals surface area (Å²) in [5, 5.41) is 6.13. The van der Waals surface area contributed by atoms with Gasteiger partial charge in [0.05, 0.1) is 18.3 Å². The molecular weight excluding hydrogens is 370 g/mol. The summed E-state index contributed by atoms with van der Waals surface area (Å²) in [6.45, 7) is -0.0437. The van der Waals surface area contributed by atoms with E-state index in [4.69, 9.17) is 11.6 Å². The molecule has 3 aromatic rings. The number of amides is 1. The Hall–Kier alpha value is -3.07. The average molecular weight is 381 g/mol. The Kier molecular flexibility index (Phi) is 4.81. The van der Waals surface area contributed by atoms with Crippen molar-refractivity contribution in [2.24, 2.45) is 0 Å². The highest BCUT2D eigenvalue weighted by molar-refractivity contribution is 6.30. The van der Waals surface area contributed by atoms with Crippen LogP contribution in [0.15, 0.2) is 30.5 Å². The summed E-state index contributed by atoms with van der Waals surface area (Å²) in [6, 6.07) is 5.31. The molecule has 0 unspecified atom stereocenters. The number of aromatic nitrogens is 3. The van der Waals surface area contributed by atoms with Gasteiger partial charge in [-0.15, -0.1) is 0 Å². The van der Waals surface area contributed by atoms with Crippen LogP contribution in [0, 0.1) is 11.6 Å². The molecule has 3 rings (SSSR count). The smallest absolute Gasteiger partial charge is 0.359 e. The summed E-state index contributed by atoms with van der Waals surface area (Å²) in [4.78, 5) is 28.0. The molecule has 1 N–H and O–H groups in total. The first-order chi connectivity index (χ1) is 12.4. The van der Waals surface area contributed by atoms with Gasteiger partial charge in [0.15, 0.2) is 22.9 Å². The molecule has 0 atom stereocenters. The lowest BCUT2D eigenvalue weighted by atomic mass is 10.2. The van der Waals surface area contributed by atoms with E-state index in [9.17, 15) is 18.4 Å². The number of rotatable bonds is 4. The molecule has 10 heteroatoms. The van der Waals surface area contributed by atoms with Crippen molar-refractivity contribution >= 4 is 29.1 Å². The molecule has 0 spiro atoms. The van der Waals surface area contributed by atoms with Gasteiger partial charge in [0, 0.05) is 12.6 Å². The fourth-order valence-electron chi connectivity index (χ4n) is 2.26. The van der Waals surface area contributed by atoms with Crippen LogP contribution in [0.2, 0.25) is 5.02 Å². The standard InChI is InChI=1S/C16H11ClF2N4O3/c1-26-16(25)14-12(19)13(22-11-4-5-21-23(11)14)15(24)20-7-8-2-3-10(18)9(17)6-8/h2-6H,7H2,1H3,(H,20,24). The largest absolute Gasteiger partial charge is 0.464 e. The lowest BCUT2D eigenvalue weighted by Crippen LogP contribution is -2.27. The van der Waals surface area contributed by atoms with Crippen LogP contribution in [0.25, 0.3) is 5.65 Å². The molecular formula is C16H11ClF2N4O3. The Morgan fingerprint density at radius 2 is 2.08 bits per heavy atom. The van der Waals surface area contributed by atoms with Gasteiger partial charge in [0.2, 0.25) is 0 Å². The number of carbonyl (C=O) groups is 2. The molecule has 0 bridgehead atoms. The monoisotopic (exact) mass is 380 g/mol. The second-order valence-electron chi connectivity index (χ2n) is 5.15. The number of benzene rings is 1. The van der Waals surface area contributed by atoms with Gasteiger partial charge in [0.25, 0.3) is 5.91 Å². The average Bonchev–Trinajstić information content (AvgIpc) is 3.09. The summed E-state index contributed by atoms with van der Waals surface area (Å²) >= 11 is 5.67. The quantitative estimate of drug-likeness (QED) is 0.702. The van der Waals surface area contributed by atoms with Gasteiger partial charge in [0.1, 0.15) is 5.82 Å². The Labute approximate surface area is 150 Å². The number of esters is 1. The van der Waals surface area contributed by atoms with Crippen molar-refractivity contribution in [1.29, 1.82) is 0 Å². The molecule has 0 aliphatic rings. The molecule has 2 aromatic heterocycles. The number of halogens is 3. The maximum atomic E-state index is 14.7. The van der Waals surface area contributed by atoms with Gasteiger partial charge in [-0.25, -0.2) is 23.1 Å². The number of methoxy groups -OCH3 is 1. The van der Waals surface area contributed by atoms with Crippen LogP contribution in [0.4, 0.5) is 8.78 Å². The number of hydrogen-bond donors (Lipinski definition) is 1. The van der Waals surface area contributed by atoms with Gasteiger partial charge in [-0.3, -0.25) is 4.79 Å². The fourth-order valence-corrected chi connectivity index (χ4v) is 2.46. The SMILES string of the molecule is COC(=O)c1c(F)c(C(=O)NCc2ccc(F)c(Cl)c2)nc2ccnn12. The molecule has 0 aliphatic carbocycles. The maximum absolute atomic E-state index is 14.7. The number of nitrogens with zero attached hydrogens (tertiary/aromatic N) is 3. The summed E-state index contributed by atoms with van der Waals surface area (Å²) < 4.78 is 33.3. The minimum Gasteiger partial charge on any atom is -0.464 e. The van der Waals surface area contributed by atoms with Gasteiger partial charge in [-0.05, 0) is 17.7 Å².